The quantitative estimate of drug-likeness (QED) is 0.737. The minimum atomic E-state index is 0.224. The second-order valence-corrected chi connectivity index (χ2v) is 4.83. The molecule has 3 aromatic rings. The number of nitrogens with zero attached hydrogens (tertiary/aromatic N) is 1. The van der Waals surface area contributed by atoms with Gasteiger partial charge in [0.25, 0.3) is 0 Å². The van der Waals surface area contributed by atoms with E-state index in [0.717, 1.165) is 17.0 Å². The van der Waals surface area contributed by atoms with Crippen LogP contribution < -0.4 is 5.32 Å². The molecule has 2 N–H and O–H groups in total. The molecule has 0 bridgehead atoms. The second-order valence-electron chi connectivity index (χ2n) is 4.83. The Hall–Kier alpha value is -2.29. The summed E-state index contributed by atoms with van der Waals surface area (Å²) in [5.74, 6) is 0.817. The van der Waals surface area contributed by atoms with Gasteiger partial charge in [-0.15, -0.1) is 0 Å². The van der Waals surface area contributed by atoms with Crippen LogP contribution in [0.1, 0.15) is 24.1 Å². The number of benzene rings is 2. The molecular formula is C16H17N3. The number of hydrogen-bond acceptors (Lipinski definition) is 2. The van der Waals surface area contributed by atoms with E-state index in [-0.39, 0.29) is 6.04 Å². The maximum Gasteiger partial charge on any atom is 0.201 e. The topological polar surface area (TPSA) is 40.7 Å². The predicted octanol–water partition coefficient (Wildman–Crippen LogP) is 4.04. The lowest BCUT2D eigenvalue weighted by Gasteiger charge is -2.15. The van der Waals surface area contributed by atoms with Crippen LogP contribution in [0.15, 0.2) is 48.5 Å². The number of anilines is 1. The standard InChI is InChI=1S/C16H17N3/c1-11-7-3-4-8-13(11)12(2)17-16-18-14-9-5-6-10-15(14)19-16/h3-10,12H,1-2H3,(H2,17,18,19). The summed E-state index contributed by atoms with van der Waals surface area (Å²) in [5, 5.41) is 3.42. The van der Waals surface area contributed by atoms with E-state index >= 15 is 0 Å². The largest absolute Gasteiger partial charge is 0.349 e. The smallest absolute Gasteiger partial charge is 0.201 e. The van der Waals surface area contributed by atoms with Gasteiger partial charge < -0.3 is 10.3 Å². The Morgan fingerprint density at radius 3 is 2.58 bits per heavy atom. The summed E-state index contributed by atoms with van der Waals surface area (Å²) in [7, 11) is 0. The van der Waals surface area contributed by atoms with Crippen LogP contribution in [0.4, 0.5) is 5.95 Å². The van der Waals surface area contributed by atoms with Crippen molar-refractivity contribution in [3.05, 3.63) is 59.7 Å². The van der Waals surface area contributed by atoms with Crippen LogP contribution in [0.25, 0.3) is 11.0 Å². The molecule has 3 heteroatoms. The first-order valence-corrected chi connectivity index (χ1v) is 6.51. The van der Waals surface area contributed by atoms with Gasteiger partial charge in [-0.2, -0.15) is 0 Å². The fourth-order valence-electron chi connectivity index (χ4n) is 2.38. The zero-order valence-corrected chi connectivity index (χ0v) is 11.1. The van der Waals surface area contributed by atoms with Crippen LogP contribution in [0.5, 0.6) is 0 Å². The van der Waals surface area contributed by atoms with Crippen molar-refractivity contribution in [2.75, 3.05) is 5.32 Å². The molecule has 0 amide bonds. The normalized spacial score (nSPS) is 12.5. The SMILES string of the molecule is Cc1ccccc1C(C)Nc1nc2ccccc2[nH]1. The van der Waals surface area contributed by atoms with Crippen molar-refractivity contribution in [1.29, 1.82) is 0 Å². The summed E-state index contributed by atoms with van der Waals surface area (Å²) in [6, 6.07) is 16.7. The third-order valence-corrected chi connectivity index (χ3v) is 3.40. The first kappa shape index (κ1) is 11.8. The van der Waals surface area contributed by atoms with E-state index in [1.54, 1.807) is 0 Å². The molecule has 1 aromatic heterocycles. The van der Waals surface area contributed by atoms with Crippen LogP contribution in [-0.4, -0.2) is 9.97 Å². The van der Waals surface area contributed by atoms with E-state index < -0.39 is 0 Å². The molecule has 1 atom stereocenters. The third kappa shape index (κ3) is 2.32. The van der Waals surface area contributed by atoms with Gasteiger partial charge in [-0.3, -0.25) is 0 Å². The van der Waals surface area contributed by atoms with Crippen molar-refractivity contribution in [2.24, 2.45) is 0 Å². The number of aryl methyl sites for hydroxylation is 1. The van der Waals surface area contributed by atoms with Crippen molar-refractivity contribution >= 4 is 17.0 Å². The highest BCUT2D eigenvalue weighted by Crippen LogP contribution is 2.22. The number of hydrogen-bond donors (Lipinski definition) is 2. The van der Waals surface area contributed by atoms with Gasteiger partial charge >= 0.3 is 0 Å². The lowest BCUT2D eigenvalue weighted by Crippen LogP contribution is -2.09. The molecule has 0 saturated heterocycles. The summed E-state index contributed by atoms with van der Waals surface area (Å²) < 4.78 is 0. The molecule has 0 aliphatic rings. The molecule has 0 aliphatic heterocycles. The van der Waals surface area contributed by atoms with Gasteiger partial charge in [0.15, 0.2) is 0 Å². The van der Waals surface area contributed by atoms with E-state index in [9.17, 15) is 0 Å². The molecular weight excluding hydrogens is 234 g/mol. The van der Waals surface area contributed by atoms with Gasteiger partial charge in [0.1, 0.15) is 0 Å². The number of imidazole rings is 1. The molecule has 3 rings (SSSR count). The lowest BCUT2D eigenvalue weighted by molar-refractivity contribution is 0.859. The summed E-state index contributed by atoms with van der Waals surface area (Å²) in [5.41, 5.74) is 4.63. The van der Waals surface area contributed by atoms with Crippen LogP contribution in [0, 0.1) is 6.92 Å². The zero-order valence-electron chi connectivity index (χ0n) is 11.1. The van der Waals surface area contributed by atoms with Gasteiger partial charge in [-0.05, 0) is 37.1 Å². The highest BCUT2D eigenvalue weighted by atomic mass is 15.1. The molecule has 1 heterocycles. The minimum absolute atomic E-state index is 0.224. The van der Waals surface area contributed by atoms with E-state index in [2.05, 4.69) is 53.4 Å². The number of rotatable bonds is 3. The molecule has 0 spiro atoms. The van der Waals surface area contributed by atoms with Crippen LogP contribution >= 0.6 is 0 Å². The molecule has 0 aliphatic carbocycles. The molecule has 0 fully saturated rings. The summed E-state index contributed by atoms with van der Waals surface area (Å²) in [6.07, 6.45) is 0. The van der Waals surface area contributed by atoms with Crippen molar-refractivity contribution in [2.45, 2.75) is 19.9 Å². The van der Waals surface area contributed by atoms with Gasteiger partial charge in [0, 0.05) is 0 Å². The predicted molar refractivity (Wildman–Crippen MR) is 79.3 cm³/mol. The molecule has 1 unspecified atom stereocenters. The van der Waals surface area contributed by atoms with Crippen molar-refractivity contribution in [3.63, 3.8) is 0 Å². The average Bonchev–Trinajstić information content (AvgIpc) is 2.81. The number of aromatic amines is 1. The number of aromatic nitrogens is 2. The van der Waals surface area contributed by atoms with Gasteiger partial charge in [-0.1, -0.05) is 36.4 Å². The van der Waals surface area contributed by atoms with Gasteiger partial charge in [0.2, 0.25) is 5.95 Å². The maximum atomic E-state index is 4.54. The Balaban J connectivity index is 1.86. The molecule has 2 aromatic carbocycles. The van der Waals surface area contributed by atoms with Crippen molar-refractivity contribution < 1.29 is 0 Å². The Kier molecular flexibility index (Phi) is 2.95. The molecule has 0 saturated carbocycles. The number of nitrogens with one attached hydrogen (secondary N) is 2. The summed E-state index contributed by atoms with van der Waals surface area (Å²) in [4.78, 5) is 7.83. The average molecular weight is 251 g/mol. The van der Waals surface area contributed by atoms with Crippen LogP contribution in [-0.2, 0) is 0 Å². The highest BCUT2D eigenvalue weighted by Gasteiger charge is 2.09. The Morgan fingerprint density at radius 1 is 1.05 bits per heavy atom. The molecule has 96 valence electrons. The van der Waals surface area contributed by atoms with E-state index in [0.29, 0.717) is 0 Å². The Labute approximate surface area is 112 Å². The van der Waals surface area contributed by atoms with Crippen LogP contribution in [0.2, 0.25) is 0 Å². The maximum absolute atomic E-state index is 4.54. The van der Waals surface area contributed by atoms with E-state index in [4.69, 9.17) is 0 Å². The van der Waals surface area contributed by atoms with E-state index in [1.165, 1.54) is 11.1 Å². The lowest BCUT2D eigenvalue weighted by atomic mass is 10.0. The highest BCUT2D eigenvalue weighted by molar-refractivity contribution is 5.77. The first-order chi connectivity index (χ1) is 9.24. The Morgan fingerprint density at radius 2 is 1.79 bits per heavy atom. The Bertz CT molecular complexity index is 667. The van der Waals surface area contributed by atoms with E-state index in [1.807, 2.05) is 24.3 Å². The monoisotopic (exact) mass is 251 g/mol. The third-order valence-electron chi connectivity index (χ3n) is 3.40. The second kappa shape index (κ2) is 4.76. The molecule has 0 radical (unpaired) electrons. The number of H-pyrrole nitrogens is 1. The van der Waals surface area contributed by atoms with Crippen molar-refractivity contribution in [1.82, 2.24) is 9.97 Å². The fourth-order valence-corrected chi connectivity index (χ4v) is 2.38. The molecule has 19 heavy (non-hydrogen) atoms. The van der Waals surface area contributed by atoms with Crippen molar-refractivity contribution in [3.8, 4) is 0 Å². The fraction of sp³-hybridized carbons (Fsp3) is 0.188. The van der Waals surface area contributed by atoms with Gasteiger partial charge in [-0.25, -0.2) is 4.98 Å². The number of fused-ring (bicyclic) bond motifs is 1. The summed E-state index contributed by atoms with van der Waals surface area (Å²) >= 11 is 0. The summed E-state index contributed by atoms with van der Waals surface area (Å²) in [6.45, 7) is 4.28. The zero-order chi connectivity index (χ0) is 13.2. The first-order valence-electron chi connectivity index (χ1n) is 6.51. The molecule has 3 nitrogen and oxygen atoms in total. The van der Waals surface area contributed by atoms with Gasteiger partial charge in [0.05, 0.1) is 17.1 Å². The van der Waals surface area contributed by atoms with Crippen LogP contribution in [0.3, 0.4) is 0 Å². The number of para-hydroxylation sites is 2. The minimum Gasteiger partial charge on any atom is -0.349 e.